The van der Waals surface area contributed by atoms with Crippen molar-refractivity contribution in [3.63, 3.8) is 0 Å². The molecule has 2 aliphatic heterocycles. The molecule has 3 unspecified atom stereocenters. The van der Waals surface area contributed by atoms with E-state index in [1.165, 1.54) is 7.11 Å². The van der Waals surface area contributed by atoms with Gasteiger partial charge in [-0.2, -0.15) is 0 Å². The van der Waals surface area contributed by atoms with Gasteiger partial charge in [0.2, 0.25) is 0 Å². The Labute approximate surface area is 144 Å². The van der Waals surface area contributed by atoms with Crippen molar-refractivity contribution in [1.82, 2.24) is 10.2 Å². The van der Waals surface area contributed by atoms with Gasteiger partial charge in [-0.3, -0.25) is 9.79 Å². The zero-order valence-corrected chi connectivity index (χ0v) is 15.1. The Kier molecular flexibility index (Phi) is 7.78. The molecule has 0 saturated carbocycles. The van der Waals surface area contributed by atoms with E-state index in [1.807, 2.05) is 0 Å². The van der Waals surface area contributed by atoms with Crippen LogP contribution in [0.2, 0.25) is 0 Å². The van der Waals surface area contributed by atoms with Crippen molar-refractivity contribution in [2.24, 2.45) is 16.8 Å². The molecule has 0 bridgehead atoms. The maximum Gasteiger partial charge on any atom is 0.310 e. The molecule has 0 aromatic carbocycles. The van der Waals surface area contributed by atoms with Gasteiger partial charge in [-0.1, -0.05) is 6.92 Å². The fourth-order valence-corrected chi connectivity index (χ4v) is 3.30. The third kappa shape index (κ3) is 5.34. The summed E-state index contributed by atoms with van der Waals surface area (Å²) in [4.78, 5) is 18.2. The first-order valence-electron chi connectivity index (χ1n) is 8.88. The highest BCUT2D eigenvalue weighted by Crippen LogP contribution is 2.24. The molecule has 24 heavy (non-hydrogen) atoms. The van der Waals surface area contributed by atoms with Crippen molar-refractivity contribution < 1.29 is 19.0 Å². The highest BCUT2D eigenvalue weighted by molar-refractivity contribution is 5.82. The summed E-state index contributed by atoms with van der Waals surface area (Å²) in [7, 11) is 3.22. The molecule has 2 rings (SSSR count). The molecule has 0 aromatic heterocycles. The lowest BCUT2D eigenvalue weighted by molar-refractivity contribution is -0.145. The smallest absolute Gasteiger partial charge is 0.310 e. The van der Waals surface area contributed by atoms with Crippen molar-refractivity contribution in [1.29, 1.82) is 0 Å². The van der Waals surface area contributed by atoms with Crippen molar-refractivity contribution in [3.8, 4) is 0 Å². The highest BCUT2D eigenvalue weighted by Gasteiger charge is 2.36. The van der Waals surface area contributed by atoms with Gasteiger partial charge < -0.3 is 24.4 Å². The molecule has 2 aliphatic rings. The van der Waals surface area contributed by atoms with Crippen molar-refractivity contribution >= 4 is 11.9 Å². The summed E-state index contributed by atoms with van der Waals surface area (Å²) in [6.45, 7) is 6.62. The van der Waals surface area contributed by atoms with Crippen molar-refractivity contribution in [2.45, 2.75) is 32.3 Å². The third-order valence-electron chi connectivity index (χ3n) is 4.70. The molecule has 2 saturated heterocycles. The van der Waals surface area contributed by atoms with Crippen LogP contribution in [0, 0.1) is 11.8 Å². The number of methoxy groups -OCH3 is 1. The van der Waals surface area contributed by atoms with Crippen LogP contribution in [0.4, 0.5) is 0 Å². The lowest BCUT2D eigenvalue weighted by atomic mass is 9.99. The number of esters is 1. The Morgan fingerprint density at radius 1 is 1.42 bits per heavy atom. The number of nitrogens with one attached hydrogen (secondary N) is 1. The van der Waals surface area contributed by atoms with E-state index < -0.39 is 0 Å². The predicted octanol–water partition coefficient (Wildman–Crippen LogP) is 0.888. The van der Waals surface area contributed by atoms with Crippen LogP contribution in [0.25, 0.3) is 0 Å². The summed E-state index contributed by atoms with van der Waals surface area (Å²) >= 11 is 0. The summed E-state index contributed by atoms with van der Waals surface area (Å²) in [5.41, 5.74) is 0. The normalized spacial score (nSPS) is 27.5. The van der Waals surface area contributed by atoms with Crippen LogP contribution in [0.1, 0.15) is 26.2 Å². The van der Waals surface area contributed by atoms with E-state index in [9.17, 15) is 4.79 Å². The molecule has 2 heterocycles. The standard InChI is InChI=1S/C17H31N3O4/c1-13-10-20(11-15(13)16(21)22-3)17(18-2)19-7-5-8-23-12-14-6-4-9-24-14/h13-15H,4-12H2,1-3H3,(H,18,19). The number of ether oxygens (including phenoxy) is 3. The molecule has 7 nitrogen and oxygen atoms in total. The lowest BCUT2D eigenvalue weighted by Gasteiger charge is -2.21. The van der Waals surface area contributed by atoms with Gasteiger partial charge in [0.05, 0.1) is 25.7 Å². The second-order valence-electron chi connectivity index (χ2n) is 6.55. The molecule has 0 aliphatic carbocycles. The molecular weight excluding hydrogens is 310 g/mol. The molecule has 7 heteroatoms. The highest BCUT2D eigenvalue weighted by atomic mass is 16.5. The molecule has 0 radical (unpaired) electrons. The van der Waals surface area contributed by atoms with Crippen molar-refractivity contribution in [2.75, 3.05) is 53.6 Å². The lowest BCUT2D eigenvalue weighted by Crippen LogP contribution is -2.41. The summed E-state index contributed by atoms with van der Waals surface area (Å²) < 4.78 is 16.1. The van der Waals surface area contributed by atoms with Gasteiger partial charge in [0.25, 0.3) is 0 Å². The minimum absolute atomic E-state index is 0.0803. The second kappa shape index (κ2) is 9.84. The maximum atomic E-state index is 11.8. The quantitative estimate of drug-likeness (QED) is 0.321. The Morgan fingerprint density at radius 3 is 2.92 bits per heavy atom. The van der Waals surface area contributed by atoms with Crippen LogP contribution in [0.5, 0.6) is 0 Å². The number of likely N-dealkylation sites (tertiary alicyclic amines) is 1. The summed E-state index contributed by atoms with van der Waals surface area (Å²) in [6, 6.07) is 0. The van der Waals surface area contributed by atoms with Gasteiger partial charge in [-0.15, -0.1) is 0 Å². The number of hydrogen-bond acceptors (Lipinski definition) is 5. The molecular formula is C17H31N3O4. The SMILES string of the molecule is CN=C(NCCCOCC1CCCO1)N1CC(C)C(C(=O)OC)C1. The number of rotatable bonds is 7. The summed E-state index contributed by atoms with van der Waals surface area (Å²) in [5.74, 6) is 0.893. The van der Waals surface area contributed by atoms with E-state index >= 15 is 0 Å². The van der Waals surface area contributed by atoms with E-state index in [-0.39, 0.29) is 23.9 Å². The molecule has 0 amide bonds. The van der Waals surface area contributed by atoms with E-state index in [0.717, 1.165) is 44.9 Å². The number of hydrogen-bond donors (Lipinski definition) is 1. The van der Waals surface area contributed by atoms with E-state index in [0.29, 0.717) is 19.8 Å². The predicted molar refractivity (Wildman–Crippen MR) is 92.0 cm³/mol. The Hall–Kier alpha value is -1.34. The van der Waals surface area contributed by atoms with Crippen molar-refractivity contribution in [3.05, 3.63) is 0 Å². The summed E-state index contributed by atoms with van der Waals surface area (Å²) in [6.07, 6.45) is 3.45. The number of carbonyl (C=O) groups excluding carboxylic acids is 1. The van der Waals surface area contributed by atoms with E-state index in [1.54, 1.807) is 7.05 Å². The molecule has 2 fully saturated rings. The minimum atomic E-state index is -0.136. The fourth-order valence-electron chi connectivity index (χ4n) is 3.30. The van der Waals surface area contributed by atoms with Crippen LogP contribution < -0.4 is 5.32 Å². The van der Waals surface area contributed by atoms with Crippen LogP contribution in [0.3, 0.4) is 0 Å². The van der Waals surface area contributed by atoms with Crippen LogP contribution in [0.15, 0.2) is 4.99 Å². The molecule has 0 aromatic rings. The van der Waals surface area contributed by atoms with Crippen LogP contribution in [-0.4, -0.2) is 76.5 Å². The van der Waals surface area contributed by atoms with Gasteiger partial charge in [0, 0.05) is 39.9 Å². The zero-order valence-electron chi connectivity index (χ0n) is 15.1. The van der Waals surface area contributed by atoms with Gasteiger partial charge in [-0.25, -0.2) is 0 Å². The average Bonchev–Trinajstić information content (AvgIpc) is 3.23. The maximum absolute atomic E-state index is 11.8. The largest absolute Gasteiger partial charge is 0.469 e. The third-order valence-corrected chi connectivity index (χ3v) is 4.70. The first kappa shape index (κ1) is 19.0. The molecule has 138 valence electrons. The Morgan fingerprint density at radius 2 is 2.25 bits per heavy atom. The fraction of sp³-hybridized carbons (Fsp3) is 0.882. The van der Waals surface area contributed by atoms with E-state index in [4.69, 9.17) is 14.2 Å². The first-order valence-corrected chi connectivity index (χ1v) is 8.88. The van der Waals surface area contributed by atoms with Gasteiger partial charge >= 0.3 is 5.97 Å². The van der Waals surface area contributed by atoms with Gasteiger partial charge in [0.1, 0.15) is 0 Å². The number of carbonyl (C=O) groups is 1. The van der Waals surface area contributed by atoms with Gasteiger partial charge in [-0.05, 0) is 25.2 Å². The molecule has 0 spiro atoms. The summed E-state index contributed by atoms with van der Waals surface area (Å²) in [5, 5.41) is 3.35. The average molecular weight is 341 g/mol. The number of aliphatic imine (C=N–C) groups is 1. The Bertz CT molecular complexity index is 424. The van der Waals surface area contributed by atoms with Gasteiger partial charge in [0.15, 0.2) is 5.96 Å². The van der Waals surface area contributed by atoms with E-state index in [2.05, 4.69) is 22.1 Å². The Balaban J connectivity index is 1.62. The van der Waals surface area contributed by atoms with Crippen LogP contribution in [-0.2, 0) is 19.0 Å². The monoisotopic (exact) mass is 341 g/mol. The number of guanidine groups is 1. The topological polar surface area (TPSA) is 72.4 Å². The molecule has 3 atom stereocenters. The number of nitrogens with zero attached hydrogens (tertiary/aromatic N) is 2. The van der Waals surface area contributed by atoms with Crippen LogP contribution >= 0.6 is 0 Å². The second-order valence-corrected chi connectivity index (χ2v) is 6.55. The minimum Gasteiger partial charge on any atom is -0.469 e. The molecule has 1 N–H and O–H groups in total. The first-order chi connectivity index (χ1) is 11.7. The zero-order chi connectivity index (χ0) is 17.4.